The lowest BCUT2D eigenvalue weighted by Gasteiger charge is -2.04. The highest BCUT2D eigenvalue weighted by atomic mass is 16.5. The van der Waals surface area contributed by atoms with E-state index < -0.39 is 0 Å². The van der Waals surface area contributed by atoms with Gasteiger partial charge >= 0.3 is 5.97 Å². The summed E-state index contributed by atoms with van der Waals surface area (Å²) in [4.78, 5) is 11.4. The molecule has 1 aromatic carbocycles. The van der Waals surface area contributed by atoms with Crippen LogP contribution in [0.25, 0.3) is 0 Å². The zero-order valence-corrected chi connectivity index (χ0v) is 10.8. The molecule has 0 bridgehead atoms. The summed E-state index contributed by atoms with van der Waals surface area (Å²) in [6.45, 7) is 2.36. The lowest BCUT2D eigenvalue weighted by Crippen LogP contribution is -2.37. The molecule has 0 amide bonds. The van der Waals surface area contributed by atoms with Crippen LogP contribution in [0.1, 0.15) is 6.92 Å². The summed E-state index contributed by atoms with van der Waals surface area (Å²) in [7, 11) is 0. The van der Waals surface area contributed by atoms with Gasteiger partial charge in [-0.15, -0.1) is 0 Å². The predicted octanol–water partition coefficient (Wildman–Crippen LogP) is 2.33. The number of carbonyl (C=O) groups excluding carboxylic acids is 1. The highest BCUT2D eigenvalue weighted by molar-refractivity contribution is 5.67. The van der Waals surface area contributed by atoms with Crippen LogP contribution in [0, 0.1) is 0 Å². The molecule has 0 radical (unpaired) electrons. The molecule has 2 aromatic rings. The molecule has 0 unspecified atom stereocenters. The first-order valence-corrected chi connectivity index (χ1v) is 6.15. The number of para-hydroxylation sites is 1. The maximum absolute atomic E-state index is 11.4. The van der Waals surface area contributed by atoms with Gasteiger partial charge in [0.15, 0.2) is 11.9 Å². The molecule has 0 fully saturated rings. The SMILES string of the molecule is CCOC(=O)C[n+]1cccc(Oc2ccccc2)c1. The standard InChI is InChI=1S/C15H16NO3/c1-2-18-15(17)12-16-10-6-9-14(11-16)19-13-7-4-3-5-8-13/h3-11H,2,12H2,1H3/q+1. The molecule has 0 saturated heterocycles. The summed E-state index contributed by atoms with van der Waals surface area (Å²) in [6.07, 6.45) is 3.57. The van der Waals surface area contributed by atoms with E-state index in [4.69, 9.17) is 9.47 Å². The van der Waals surface area contributed by atoms with E-state index in [0.29, 0.717) is 12.4 Å². The molecule has 19 heavy (non-hydrogen) atoms. The van der Waals surface area contributed by atoms with E-state index in [2.05, 4.69) is 0 Å². The van der Waals surface area contributed by atoms with Crippen molar-refractivity contribution >= 4 is 5.97 Å². The molecule has 0 atom stereocenters. The van der Waals surface area contributed by atoms with Gasteiger partial charge in [0, 0.05) is 6.07 Å². The molecule has 0 aliphatic carbocycles. The summed E-state index contributed by atoms with van der Waals surface area (Å²) in [5, 5.41) is 0. The number of pyridine rings is 1. The molecule has 0 spiro atoms. The lowest BCUT2D eigenvalue weighted by molar-refractivity contribution is -0.686. The average Bonchev–Trinajstić information content (AvgIpc) is 2.40. The van der Waals surface area contributed by atoms with Crippen LogP contribution in [0.3, 0.4) is 0 Å². The second-order valence-electron chi connectivity index (χ2n) is 3.93. The molecule has 2 rings (SSSR count). The molecule has 4 heteroatoms. The van der Waals surface area contributed by atoms with Gasteiger partial charge in [-0.2, -0.15) is 4.57 Å². The fraction of sp³-hybridized carbons (Fsp3) is 0.200. The van der Waals surface area contributed by atoms with Gasteiger partial charge in [0.25, 0.3) is 0 Å². The number of hydrogen-bond donors (Lipinski definition) is 0. The van der Waals surface area contributed by atoms with Crippen molar-refractivity contribution in [1.29, 1.82) is 0 Å². The van der Waals surface area contributed by atoms with Gasteiger partial charge in [-0.25, -0.2) is 4.79 Å². The van der Waals surface area contributed by atoms with Crippen molar-refractivity contribution in [2.45, 2.75) is 13.5 Å². The third-order valence-electron chi connectivity index (χ3n) is 2.43. The number of carbonyl (C=O) groups is 1. The van der Waals surface area contributed by atoms with Gasteiger partial charge in [-0.1, -0.05) is 18.2 Å². The van der Waals surface area contributed by atoms with E-state index >= 15 is 0 Å². The minimum absolute atomic E-state index is 0.180. The molecule has 98 valence electrons. The van der Waals surface area contributed by atoms with Crippen LogP contribution in [0.2, 0.25) is 0 Å². The van der Waals surface area contributed by atoms with Crippen molar-refractivity contribution in [3.63, 3.8) is 0 Å². The van der Waals surface area contributed by atoms with Crippen molar-refractivity contribution < 1.29 is 18.8 Å². The number of hydrogen-bond acceptors (Lipinski definition) is 3. The maximum atomic E-state index is 11.4. The quantitative estimate of drug-likeness (QED) is 0.610. The Bertz CT molecular complexity index is 540. The van der Waals surface area contributed by atoms with Gasteiger partial charge in [-0.05, 0) is 25.1 Å². The summed E-state index contributed by atoms with van der Waals surface area (Å²) < 4.78 is 12.3. The zero-order valence-electron chi connectivity index (χ0n) is 10.8. The van der Waals surface area contributed by atoms with Crippen LogP contribution in [-0.4, -0.2) is 12.6 Å². The van der Waals surface area contributed by atoms with E-state index in [9.17, 15) is 4.79 Å². The van der Waals surface area contributed by atoms with Crippen molar-refractivity contribution in [2.75, 3.05) is 6.61 Å². The van der Waals surface area contributed by atoms with Crippen molar-refractivity contribution in [3.05, 3.63) is 54.9 Å². The molecule has 4 nitrogen and oxygen atoms in total. The van der Waals surface area contributed by atoms with Crippen LogP contribution in [0.4, 0.5) is 0 Å². The van der Waals surface area contributed by atoms with Gasteiger partial charge in [0.05, 0.1) is 6.61 Å². The van der Waals surface area contributed by atoms with Crippen molar-refractivity contribution in [2.24, 2.45) is 0 Å². The number of benzene rings is 1. The number of rotatable bonds is 5. The van der Waals surface area contributed by atoms with Gasteiger partial charge in [0.2, 0.25) is 12.7 Å². The van der Waals surface area contributed by atoms with E-state index in [-0.39, 0.29) is 12.5 Å². The Morgan fingerprint density at radius 2 is 1.84 bits per heavy atom. The van der Waals surface area contributed by atoms with Crippen LogP contribution >= 0.6 is 0 Å². The Morgan fingerprint density at radius 1 is 1.11 bits per heavy atom. The fourth-order valence-electron chi connectivity index (χ4n) is 1.64. The topological polar surface area (TPSA) is 39.4 Å². The Balaban J connectivity index is 2.05. The molecule has 0 aliphatic heterocycles. The number of esters is 1. The highest BCUT2D eigenvalue weighted by Gasteiger charge is 2.11. The Hall–Kier alpha value is -2.36. The third kappa shape index (κ3) is 4.10. The van der Waals surface area contributed by atoms with Gasteiger partial charge in [0.1, 0.15) is 5.75 Å². The lowest BCUT2D eigenvalue weighted by atomic mass is 10.3. The van der Waals surface area contributed by atoms with E-state index in [1.165, 1.54) is 0 Å². The second kappa shape index (κ2) is 6.54. The average molecular weight is 258 g/mol. The minimum atomic E-state index is -0.260. The number of nitrogens with zero attached hydrogens (tertiary/aromatic N) is 1. The van der Waals surface area contributed by atoms with E-state index in [1.54, 1.807) is 23.9 Å². The molecular formula is C15H16NO3+. The highest BCUT2D eigenvalue weighted by Crippen LogP contribution is 2.18. The Kier molecular flexibility index (Phi) is 4.50. The Morgan fingerprint density at radius 3 is 2.58 bits per heavy atom. The first-order chi connectivity index (χ1) is 9.28. The van der Waals surface area contributed by atoms with Crippen LogP contribution in [0.15, 0.2) is 54.9 Å². The van der Waals surface area contributed by atoms with Crippen molar-refractivity contribution in [3.8, 4) is 11.5 Å². The van der Waals surface area contributed by atoms with Crippen LogP contribution in [-0.2, 0) is 16.1 Å². The van der Waals surface area contributed by atoms with Gasteiger partial charge < -0.3 is 9.47 Å². The van der Waals surface area contributed by atoms with Crippen molar-refractivity contribution in [1.82, 2.24) is 0 Å². The Labute approximate surface area is 112 Å². The first-order valence-electron chi connectivity index (χ1n) is 6.15. The van der Waals surface area contributed by atoms with Crippen LogP contribution in [0.5, 0.6) is 11.5 Å². The summed E-state index contributed by atoms with van der Waals surface area (Å²) >= 11 is 0. The molecular weight excluding hydrogens is 242 g/mol. The summed E-state index contributed by atoms with van der Waals surface area (Å²) in [5.74, 6) is 1.18. The molecule has 0 N–H and O–H groups in total. The summed E-state index contributed by atoms with van der Waals surface area (Å²) in [5.41, 5.74) is 0. The van der Waals surface area contributed by atoms with E-state index in [0.717, 1.165) is 5.75 Å². The van der Waals surface area contributed by atoms with Gasteiger partial charge in [-0.3, -0.25) is 0 Å². The smallest absolute Gasteiger partial charge is 0.372 e. The third-order valence-corrected chi connectivity index (χ3v) is 2.43. The maximum Gasteiger partial charge on any atom is 0.372 e. The molecule has 1 aromatic heterocycles. The molecule has 0 saturated carbocycles. The number of aromatic nitrogens is 1. The minimum Gasteiger partial charge on any atom is -0.461 e. The normalized spacial score (nSPS) is 9.95. The molecule has 0 aliphatic rings. The zero-order chi connectivity index (χ0) is 13.5. The van der Waals surface area contributed by atoms with E-state index in [1.807, 2.05) is 42.5 Å². The second-order valence-corrected chi connectivity index (χ2v) is 3.93. The fourth-order valence-corrected chi connectivity index (χ4v) is 1.64. The van der Waals surface area contributed by atoms with Crippen LogP contribution < -0.4 is 9.30 Å². The summed E-state index contributed by atoms with van der Waals surface area (Å²) in [6, 6.07) is 13.2. The first kappa shape index (κ1) is 13.1. The largest absolute Gasteiger partial charge is 0.461 e. The number of ether oxygens (including phenoxy) is 2. The molecule has 1 heterocycles. The predicted molar refractivity (Wildman–Crippen MR) is 69.8 cm³/mol. The monoisotopic (exact) mass is 258 g/mol.